The zero-order valence-electron chi connectivity index (χ0n) is 23.2. The first-order chi connectivity index (χ1) is 20.5. The van der Waals surface area contributed by atoms with Crippen LogP contribution in [0.4, 0.5) is 8.78 Å². The van der Waals surface area contributed by atoms with Gasteiger partial charge >= 0.3 is 6.61 Å². The van der Waals surface area contributed by atoms with E-state index < -0.39 is 6.61 Å². The topological polar surface area (TPSA) is 99.9 Å². The Morgan fingerprint density at radius 2 is 1.95 bits per heavy atom. The number of hydrogen-bond donors (Lipinski definition) is 4. The minimum absolute atomic E-state index is 0.0263. The number of alkyl halides is 2. The van der Waals surface area contributed by atoms with Gasteiger partial charge in [0.15, 0.2) is 0 Å². The number of imidazole rings is 2. The maximum atomic E-state index is 12.5. The Morgan fingerprint density at radius 3 is 2.81 bits per heavy atom. The Kier molecular flexibility index (Phi) is 6.24. The van der Waals surface area contributed by atoms with Crippen molar-refractivity contribution < 1.29 is 18.3 Å². The Hall–Kier alpha value is -3.86. The monoisotopic (exact) mass is 570 g/mol. The molecule has 8 nitrogen and oxygen atoms in total. The molecular weight excluding hydrogens is 538 g/mol. The fraction of sp³-hybridized carbons (Fsp3) is 0.375. The van der Waals surface area contributed by atoms with E-state index >= 15 is 0 Å². The Bertz CT molecular complexity index is 1800. The van der Waals surface area contributed by atoms with Crippen molar-refractivity contribution in [2.24, 2.45) is 5.92 Å². The lowest BCUT2D eigenvalue weighted by atomic mass is 9.92. The third kappa shape index (κ3) is 4.54. The van der Waals surface area contributed by atoms with Crippen LogP contribution in [-0.2, 0) is 11.3 Å². The lowest BCUT2D eigenvalue weighted by Crippen LogP contribution is -2.21. The molecule has 2 fully saturated rings. The van der Waals surface area contributed by atoms with Crippen LogP contribution in [0.1, 0.15) is 55.5 Å². The molecule has 0 bridgehead atoms. The van der Waals surface area contributed by atoms with Gasteiger partial charge in [0.1, 0.15) is 24.0 Å². The summed E-state index contributed by atoms with van der Waals surface area (Å²) in [4.78, 5) is 16.6. The van der Waals surface area contributed by atoms with Crippen molar-refractivity contribution in [2.45, 2.75) is 57.5 Å². The van der Waals surface area contributed by atoms with Crippen LogP contribution in [-0.4, -0.2) is 45.7 Å². The van der Waals surface area contributed by atoms with Gasteiger partial charge in [-0.05, 0) is 78.4 Å². The predicted molar refractivity (Wildman–Crippen MR) is 156 cm³/mol. The van der Waals surface area contributed by atoms with E-state index in [1.165, 1.54) is 5.56 Å². The molecular formula is C32H32F2N6O2. The number of halogens is 2. The van der Waals surface area contributed by atoms with Gasteiger partial charge in [0.25, 0.3) is 0 Å². The number of aromatic nitrogens is 4. The van der Waals surface area contributed by atoms with Crippen molar-refractivity contribution in [2.75, 3.05) is 13.2 Å². The fourth-order valence-corrected chi connectivity index (χ4v) is 6.79. The number of H-pyrrole nitrogens is 2. The molecule has 42 heavy (non-hydrogen) atoms. The van der Waals surface area contributed by atoms with E-state index in [2.05, 4.69) is 79.7 Å². The first-order valence-electron chi connectivity index (χ1n) is 14.7. The van der Waals surface area contributed by atoms with Crippen LogP contribution < -0.4 is 15.4 Å². The molecule has 2 saturated heterocycles. The second-order valence-corrected chi connectivity index (χ2v) is 11.9. The van der Waals surface area contributed by atoms with Gasteiger partial charge in [-0.15, -0.1) is 0 Å². The summed E-state index contributed by atoms with van der Waals surface area (Å²) in [6.45, 7) is 0.620. The molecule has 2 aromatic heterocycles. The first-order valence-corrected chi connectivity index (χ1v) is 14.7. The average molecular weight is 571 g/mol. The third-order valence-corrected chi connectivity index (χ3v) is 8.99. The van der Waals surface area contributed by atoms with E-state index in [1.807, 2.05) is 6.20 Å². The highest BCUT2D eigenvalue weighted by Crippen LogP contribution is 2.43. The van der Waals surface area contributed by atoms with Gasteiger partial charge in [-0.3, -0.25) is 0 Å². The van der Waals surface area contributed by atoms with E-state index in [-0.39, 0.29) is 24.6 Å². The molecule has 5 aromatic rings. The molecule has 216 valence electrons. The Morgan fingerprint density at radius 1 is 1.02 bits per heavy atom. The van der Waals surface area contributed by atoms with Crippen molar-refractivity contribution in [1.82, 2.24) is 30.6 Å². The number of ether oxygens (including phenoxy) is 2. The van der Waals surface area contributed by atoms with Gasteiger partial charge in [0, 0.05) is 23.5 Å². The highest BCUT2D eigenvalue weighted by atomic mass is 19.3. The molecule has 3 aliphatic heterocycles. The molecule has 3 aromatic carbocycles. The lowest BCUT2D eigenvalue weighted by Gasteiger charge is -2.22. The molecule has 0 amide bonds. The maximum absolute atomic E-state index is 12.5. The minimum atomic E-state index is -2.74. The highest BCUT2D eigenvalue weighted by molar-refractivity contribution is 6.07. The maximum Gasteiger partial charge on any atom is 0.345 e. The zero-order valence-corrected chi connectivity index (χ0v) is 23.2. The van der Waals surface area contributed by atoms with E-state index in [9.17, 15) is 8.78 Å². The van der Waals surface area contributed by atoms with Crippen molar-refractivity contribution in [3.8, 4) is 28.1 Å². The van der Waals surface area contributed by atoms with Crippen molar-refractivity contribution in [3.05, 3.63) is 65.9 Å². The molecule has 0 spiro atoms. The lowest BCUT2D eigenvalue weighted by molar-refractivity contribution is -0.136. The average Bonchev–Trinajstić information content (AvgIpc) is 3.80. The summed E-state index contributed by atoms with van der Waals surface area (Å²) in [6, 6.07) is 15.7. The van der Waals surface area contributed by atoms with Crippen molar-refractivity contribution >= 4 is 21.8 Å². The molecule has 10 heteroatoms. The van der Waals surface area contributed by atoms with Crippen LogP contribution in [0, 0.1) is 5.92 Å². The van der Waals surface area contributed by atoms with Crippen LogP contribution in [0.2, 0.25) is 0 Å². The number of benzene rings is 3. The van der Waals surface area contributed by atoms with Gasteiger partial charge in [-0.1, -0.05) is 18.2 Å². The van der Waals surface area contributed by atoms with Gasteiger partial charge in [0.2, 0.25) is 0 Å². The second-order valence-electron chi connectivity index (χ2n) is 11.9. The summed E-state index contributed by atoms with van der Waals surface area (Å²) in [6.07, 6.45) is 4.88. The van der Waals surface area contributed by atoms with Gasteiger partial charge in [-0.2, -0.15) is 8.78 Å². The number of nitrogens with zero attached hydrogens (tertiary/aromatic N) is 2. The highest BCUT2D eigenvalue weighted by Gasteiger charge is 2.29. The molecule has 8 rings (SSSR count). The molecule has 0 saturated carbocycles. The quantitative estimate of drug-likeness (QED) is 0.189. The van der Waals surface area contributed by atoms with Crippen LogP contribution in [0.15, 0.2) is 48.7 Å². The normalized spacial score (nSPS) is 23.5. The van der Waals surface area contributed by atoms with Crippen LogP contribution >= 0.6 is 0 Å². The Labute approximate surface area is 241 Å². The van der Waals surface area contributed by atoms with Crippen LogP contribution in [0.5, 0.6) is 5.75 Å². The SMILES string of the molecule is C[C@H]1CC[C@@H](c2ncc(-c3ccc4c(c3)COc3cc5c(ccc6[nH]c([C@@H]7C[C@H](COC(F)F)CN7)nc65)cc3-4)[nH]2)N1. The third-order valence-electron chi connectivity index (χ3n) is 8.99. The summed E-state index contributed by atoms with van der Waals surface area (Å²) < 4.78 is 35.8. The van der Waals surface area contributed by atoms with Gasteiger partial charge in [-0.25, -0.2) is 9.97 Å². The van der Waals surface area contributed by atoms with Crippen LogP contribution in [0.3, 0.4) is 0 Å². The summed E-state index contributed by atoms with van der Waals surface area (Å²) in [5, 5.41) is 9.09. The summed E-state index contributed by atoms with van der Waals surface area (Å²) in [5.41, 5.74) is 7.31. The molecule has 0 unspecified atom stereocenters. The summed E-state index contributed by atoms with van der Waals surface area (Å²) in [7, 11) is 0. The van der Waals surface area contributed by atoms with E-state index in [0.717, 1.165) is 74.4 Å². The summed E-state index contributed by atoms with van der Waals surface area (Å²) >= 11 is 0. The molecule has 3 aliphatic rings. The zero-order chi connectivity index (χ0) is 28.4. The number of aromatic amines is 2. The smallest absolute Gasteiger partial charge is 0.345 e. The standard InChI is InChI=1S/C32H32F2N6O2/c1-16-2-6-25(37-16)30-36-13-27(39-30)19-3-5-21-20(9-19)15-41-28-11-22-18(10-23(21)28)4-7-24-29(22)40-31(38-24)26-8-17(12-35-26)14-42-32(33)34/h3-5,7,9-11,13,16-17,25-26,32,35,37H,2,6,8,12,14-15H2,1H3,(H,36,39)(H,38,40)/t16-,17-,25-,26-/m0/s1. The van der Waals surface area contributed by atoms with E-state index in [0.29, 0.717) is 25.6 Å². The van der Waals surface area contributed by atoms with Crippen LogP contribution in [0.25, 0.3) is 44.2 Å². The van der Waals surface area contributed by atoms with Crippen molar-refractivity contribution in [3.63, 3.8) is 0 Å². The molecule has 4 N–H and O–H groups in total. The predicted octanol–water partition coefficient (Wildman–Crippen LogP) is 6.37. The molecule has 4 atom stereocenters. The van der Waals surface area contributed by atoms with Gasteiger partial charge < -0.3 is 30.1 Å². The summed E-state index contributed by atoms with van der Waals surface area (Å²) in [5.74, 6) is 2.68. The van der Waals surface area contributed by atoms with E-state index in [1.54, 1.807) is 0 Å². The Balaban J connectivity index is 1.07. The first kappa shape index (κ1) is 25.8. The van der Waals surface area contributed by atoms with Crippen molar-refractivity contribution in [1.29, 1.82) is 0 Å². The molecule has 5 heterocycles. The molecule has 0 aliphatic carbocycles. The van der Waals surface area contributed by atoms with E-state index in [4.69, 9.17) is 9.72 Å². The molecule has 0 radical (unpaired) electrons. The number of hydrogen-bond acceptors (Lipinski definition) is 6. The fourth-order valence-electron chi connectivity index (χ4n) is 6.79. The van der Waals surface area contributed by atoms with Gasteiger partial charge in [0.05, 0.1) is 41.6 Å². The second kappa shape index (κ2) is 10.1. The minimum Gasteiger partial charge on any atom is -0.488 e. The number of nitrogens with one attached hydrogen (secondary N) is 4. The largest absolute Gasteiger partial charge is 0.488 e. The number of rotatable bonds is 6. The number of fused-ring (bicyclic) bond motifs is 6.